The molecule has 0 spiro atoms. The molecule has 2 fully saturated rings. The molecular weight excluding hydrogens is 1250 g/mol. The Kier molecular flexibility index (Phi) is 20.0. The van der Waals surface area contributed by atoms with Gasteiger partial charge >= 0.3 is 29.6 Å². The van der Waals surface area contributed by atoms with Crippen molar-refractivity contribution < 1.29 is 65.3 Å². The van der Waals surface area contributed by atoms with Gasteiger partial charge in [-0.2, -0.15) is 39.9 Å². The number of nitrogen functional groups attached to an aromatic ring is 2. The fraction of sp³-hybridized carbons (Fsp3) is 0.385. The summed E-state index contributed by atoms with van der Waals surface area (Å²) in [7, 11) is -2.33. The number of nitrogens with one attached hydrogen (secondary N) is 2. The number of tetrazole rings is 2. The number of hydrogen-bond acceptors (Lipinski definition) is 23. The van der Waals surface area contributed by atoms with E-state index in [1.165, 1.54) is 4.52 Å². The number of methoxy groups -OCH3 is 2. The summed E-state index contributed by atoms with van der Waals surface area (Å²) in [5.74, 6) is 1.66. The summed E-state index contributed by atoms with van der Waals surface area (Å²) < 4.78 is 74.6. The summed E-state index contributed by atoms with van der Waals surface area (Å²) in [5.41, 5.74) is 19.5. The van der Waals surface area contributed by atoms with Gasteiger partial charge in [0.1, 0.15) is 27.7 Å². The zero-order valence-electron chi connectivity index (χ0n) is 46.6. The first-order valence-corrected chi connectivity index (χ1v) is 30.7. The first-order chi connectivity index (χ1) is 40.1. The van der Waals surface area contributed by atoms with E-state index in [0.717, 1.165) is 81.2 Å². The Hall–Kier alpha value is -6.69. The number of rotatable bonds is 17. The van der Waals surface area contributed by atoms with Crippen LogP contribution in [0.4, 0.5) is 11.6 Å². The summed E-state index contributed by atoms with van der Waals surface area (Å²) in [6.45, 7) is 1.74. The molecular formula is C52H60IN20NaO8S2. The van der Waals surface area contributed by atoms with Crippen LogP contribution in [0.25, 0.3) is 44.9 Å². The molecule has 0 amide bonds. The van der Waals surface area contributed by atoms with E-state index in [1.54, 1.807) is 42.0 Å². The van der Waals surface area contributed by atoms with Crippen LogP contribution in [-0.4, -0.2) is 152 Å². The van der Waals surface area contributed by atoms with E-state index in [1.807, 2.05) is 83.9 Å². The van der Waals surface area contributed by atoms with Crippen LogP contribution >= 0.6 is 22.6 Å². The fourth-order valence-corrected chi connectivity index (χ4v) is 12.5. The molecule has 436 valence electrons. The van der Waals surface area contributed by atoms with Crippen molar-refractivity contribution in [3.63, 3.8) is 0 Å². The molecule has 8 aromatic heterocycles. The van der Waals surface area contributed by atoms with Crippen LogP contribution < -0.4 is 41.0 Å². The minimum Gasteiger partial charge on any atom is -0.424 e. The Balaban J connectivity index is 0.000000188. The Morgan fingerprint density at radius 3 is 1.46 bits per heavy atom. The van der Waals surface area contributed by atoms with Gasteiger partial charge in [-0.05, 0) is 98.2 Å². The average molecular weight is 1310 g/mol. The number of nitrogens with zero attached hydrogens (tertiary/aromatic N) is 16. The maximum atomic E-state index is 13.0. The molecule has 2 saturated carbocycles. The standard InChI is InChI=1S/C26H30N10O4S.C25H27IN10O2.CH3O2S.Na/c1-39-12-13-40-26(25-31-33-34-32-25)10-8-17(9-11-26)21-22(41(2,37)38)23(27)36-24(30-21)20(15-29-36)18-14-28-35(16-18)19-6-4-3-5-7-19;1-37-11-12-38-25(24-31-33-34-32-24)9-7-16(8-10-25)21-20(26)22(27)36-23(30-21)19(14-29-36)17-13-28-35(15-17)18-5-3-2-4-6-18;1-4(2)3;/h3-7,14-17H,8-13,27H2,1-2H3,(H,31,32,33,34);2-6,13-16H,7-12,27H2,1H3,(H,31,32,33,34);1H3;/q;;-1;+1. The molecule has 0 unspecified atom stereocenters. The van der Waals surface area contributed by atoms with Crippen molar-refractivity contribution in [3.8, 4) is 33.6 Å². The molecule has 8 heterocycles. The summed E-state index contributed by atoms with van der Waals surface area (Å²) in [5, 5.41) is 47.5. The molecule has 0 saturated heterocycles. The monoisotopic (exact) mass is 1310 g/mol. The van der Waals surface area contributed by atoms with Crippen molar-refractivity contribution in [1.82, 2.24) is 90.0 Å². The van der Waals surface area contributed by atoms with Crippen molar-refractivity contribution in [2.45, 2.75) is 79.3 Å². The van der Waals surface area contributed by atoms with Crippen LogP contribution in [0.3, 0.4) is 0 Å². The van der Waals surface area contributed by atoms with Gasteiger partial charge in [0.15, 0.2) is 21.1 Å². The largest absolute Gasteiger partial charge is 1.00 e. The van der Waals surface area contributed by atoms with E-state index >= 15 is 0 Å². The minimum atomic E-state index is -3.73. The fourth-order valence-electron chi connectivity index (χ4n) is 10.7. The molecule has 2 aromatic carbocycles. The summed E-state index contributed by atoms with van der Waals surface area (Å²) in [6.07, 6.45) is 18.5. The van der Waals surface area contributed by atoms with E-state index in [2.05, 4.69) is 84.2 Å². The predicted molar refractivity (Wildman–Crippen MR) is 310 cm³/mol. The normalized spacial score (nSPS) is 18.9. The third-order valence-electron chi connectivity index (χ3n) is 14.7. The molecule has 28 nitrogen and oxygen atoms in total. The molecule has 0 atom stereocenters. The van der Waals surface area contributed by atoms with Gasteiger partial charge in [0.25, 0.3) is 0 Å². The smallest absolute Gasteiger partial charge is 0.424 e. The quantitative estimate of drug-likeness (QED) is 0.0440. The Morgan fingerprint density at radius 2 is 1.06 bits per heavy atom. The summed E-state index contributed by atoms with van der Waals surface area (Å²) >= 11 is 2.29. The van der Waals surface area contributed by atoms with Crippen molar-refractivity contribution in [2.24, 2.45) is 0 Å². The number of sulfone groups is 1. The van der Waals surface area contributed by atoms with Crippen LogP contribution in [0, 0.1) is 3.57 Å². The Labute approximate surface area is 519 Å². The average Bonchev–Trinajstić information content (AvgIpc) is 2.50. The molecule has 84 heavy (non-hydrogen) atoms. The van der Waals surface area contributed by atoms with Crippen molar-refractivity contribution in [3.05, 3.63) is 124 Å². The van der Waals surface area contributed by atoms with Crippen LogP contribution in [0.5, 0.6) is 0 Å². The SMILES string of the molecule is COCCOC1(c2nn[nH]n2)CCC(c2nc3c(-c4cnn(-c5ccccc5)c4)cnn3c(N)c2I)CC1.COCCOC1(c2nn[nH]n2)CCC(c2nc3c(-c4cnn(-c5ccccc5)c4)cnn3c(N)c2S(C)(=O)=O)CC1.C[S-](=O)=O.[Na+]. The van der Waals surface area contributed by atoms with Gasteiger partial charge in [0.2, 0.25) is 11.6 Å². The predicted octanol–water partition coefficient (Wildman–Crippen LogP) is 2.72. The van der Waals surface area contributed by atoms with Crippen molar-refractivity contribution in [1.29, 1.82) is 0 Å². The molecule has 0 radical (unpaired) electrons. The number of aromatic nitrogens is 18. The van der Waals surface area contributed by atoms with E-state index in [4.69, 9.17) is 48.8 Å². The number of ether oxygens (including phenoxy) is 4. The van der Waals surface area contributed by atoms with Gasteiger partial charge in [0, 0.05) is 67.0 Å². The number of aromatic amines is 2. The number of H-pyrrole nitrogens is 2. The second-order valence-corrected chi connectivity index (χ2v) is 23.7. The van der Waals surface area contributed by atoms with Crippen LogP contribution in [0.2, 0.25) is 0 Å². The number of halogens is 1. The van der Waals surface area contributed by atoms with E-state index in [9.17, 15) is 8.42 Å². The summed E-state index contributed by atoms with van der Waals surface area (Å²) in [4.78, 5) is 10.1. The molecule has 0 aliphatic heterocycles. The molecule has 32 heteroatoms. The van der Waals surface area contributed by atoms with Gasteiger partial charge < -0.3 is 38.8 Å². The van der Waals surface area contributed by atoms with Gasteiger partial charge in [-0.15, -0.1) is 20.4 Å². The van der Waals surface area contributed by atoms with Gasteiger partial charge in [-0.3, -0.25) is 0 Å². The van der Waals surface area contributed by atoms with Crippen molar-refractivity contribution in [2.75, 3.05) is 64.6 Å². The van der Waals surface area contributed by atoms with Crippen molar-refractivity contribution >= 4 is 66.1 Å². The molecule has 10 aromatic rings. The first kappa shape index (κ1) is 61.9. The molecule has 12 rings (SSSR count). The topological polar surface area (TPSA) is 362 Å². The van der Waals surface area contributed by atoms with E-state index in [0.29, 0.717) is 86.5 Å². The van der Waals surface area contributed by atoms with E-state index in [-0.39, 0.29) is 52.1 Å². The number of hydrogen-bond donors (Lipinski definition) is 4. The number of nitrogens with two attached hydrogens (primary N) is 2. The van der Waals surface area contributed by atoms with Gasteiger partial charge in [0.05, 0.1) is 77.5 Å². The van der Waals surface area contributed by atoms with Crippen LogP contribution in [-0.2, 0) is 59.1 Å². The zero-order chi connectivity index (χ0) is 58.3. The Bertz CT molecular complexity index is 3970. The number of benzene rings is 2. The summed E-state index contributed by atoms with van der Waals surface area (Å²) in [6, 6.07) is 19.7. The van der Waals surface area contributed by atoms with Gasteiger partial charge in [-0.1, -0.05) is 63.8 Å². The number of anilines is 2. The Morgan fingerprint density at radius 1 is 0.643 bits per heavy atom. The second kappa shape index (κ2) is 27.1. The number of fused-ring (bicyclic) bond motifs is 2. The van der Waals surface area contributed by atoms with E-state index < -0.39 is 31.7 Å². The maximum Gasteiger partial charge on any atom is 1.00 e. The third kappa shape index (κ3) is 13.2. The van der Waals surface area contributed by atoms with Crippen LogP contribution in [0.15, 0.2) is 103 Å². The molecule has 2 aliphatic carbocycles. The zero-order valence-corrected chi connectivity index (χ0v) is 52.4. The molecule has 0 bridgehead atoms. The molecule has 6 N–H and O–H groups in total. The number of para-hydroxylation sites is 2. The van der Waals surface area contributed by atoms with Crippen LogP contribution in [0.1, 0.15) is 86.2 Å². The first-order valence-electron chi connectivity index (χ1n) is 26.3. The second-order valence-electron chi connectivity index (χ2n) is 19.9. The molecule has 2 aliphatic rings. The van der Waals surface area contributed by atoms with Gasteiger partial charge in [-0.25, -0.2) is 27.7 Å². The minimum absolute atomic E-state index is 0. The maximum absolute atomic E-state index is 13.0. The third-order valence-corrected chi connectivity index (χ3v) is 17.0.